The lowest BCUT2D eigenvalue weighted by Crippen LogP contribution is -2.06. The van der Waals surface area contributed by atoms with E-state index in [1.54, 1.807) is 0 Å². The van der Waals surface area contributed by atoms with Gasteiger partial charge >= 0.3 is 5.76 Å². The number of ether oxygens (including phenoxy) is 1. The number of nitrogens with zero attached hydrogens (tertiary/aromatic N) is 4. The molecule has 0 spiro atoms. The van der Waals surface area contributed by atoms with Crippen molar-refractivity contribution in [2.45, 2.75) is 33.4 Å². The van der Waals surface area contributed by atoms with Crippen LogP contribution in [-0.2, 0) is 19.6 Å². The SMILES string of the molecule is CCc1nc2c(C)ccnc2n1Cc1ccc2c(c1)OCc1ccccc1C2=Cc1noc(=O)[nH]1. The maximum Gasteiger partial charge on any atom is 0.439 e. The molecule has 2 aromatic carbocycles. The van der Waals surface area contributed by atoms with E-state index in [-0.39, 0.29) is 0 Å². The van der Waals surface area contributed by atoms with E-state index in [1.807, 2.05) is 42.6 Å². The Morgan fingerprint density at radius 1 is 1.14 bits per heavy atom. The zero-order valence-electron chi connectivity index (χ0n) is 19.4. The molecule has 0 amide bonds. The van der Waals surface area contributed by atoms with Gasteiger partial charge < -0.3 is 9.30 Å². The standard InChI is InChI=1S/C27H23N5O3/c1-3-24-30-25-16(2)10-11-28-26(25)32(24)14-17-8-9-20-21(13-23-29-27(33)35-31-23)19-7-5-4-6-18(19)15-34-22(20)12-17/h4-13H,3,14-15H2,1-2H3,(H,29,31,33). The number of benzene rings is 2. The molecule has 1 aliphatic heterocycles. The highest BCUT2D eigenvalue weighted by Gasteiger charge is 2.21. The van der Waals surface area contributed by atoms with Gasteiger partial charge in [-0.15, -0.1) is 0 Å². The second-order valence-electron chi connectivity index (χ2n) is 8.58. The zero-order valence-corrected chi connectivity index (χ0v) is 19.4. The second-order valence-corrected chi connectivity index (χ2v) is 8.58. The van der Waals surface area contributed by atoms with Gasteiger partial charge in [0.25, 0.3) is 0 Å². The van der Waals surface area contributed by atoms with Crippen LogP contribution in [0.15, 0.2) is 64.0 Å². The first-order valence-electron chi connectivity index (χ1n) is 11.5. The quantitative estimate of drug-likeness (QED) is 0.419. The van der Waals surface area contributed by atoms with Gasteiger partial charge in [0.1, 0.15) is 23.7 Å². The van der Waals surface area contributed by atoms with E-state index in [1.165, 1.54) is 0 Å². The summed E-state index contributed by atoms with van der Waals surface area (Å²) in [5, 5.41) is 3.83. The van der Waals surface area contributed by atoms with Crippen LogP contribution in [0, 0.1) is 6.92 Å². The van der Waals surface area contributed by atoms with Crippen molar-refractivity contribution in [3.63, 3.8) is 0 Å². The first-order chi connectivity index (χ1) is 17.1. The lowest BCUT2D eigenvalue weighted by molar-refractivity contribution is 0.307. The molecule has 1 aliphatic rings. The van der Waals surface area contributed by atoms with Gasteiger partial charge in [-0.3, -0.25) is 9.51 Å². The summed E-state index contributed by atoms with van der Waals surface area (Å²) >= 11 is 0. The predicted octanol–water partition coefficient (Wildman–Crippen LogP) is 4.51. The number of hydrogen-bond acceptors (Lipinski definition) is 6. The summed E-state index contributed by atoms with van der Waals surface area (Å²) < 4.78 is 13.2. The Hall–Kier alpha value is -4.46. The van der Waals surface area contributed by atoms with Crippen LogP contribution in [0.4, 0.5) is 0 Å². The second kappa shape index (κ2) is 8.39. The van der Waals surface area contributed by atoms with E-state index in [0.717, 1.165) is 62.5 Å². The summed E-state index contributed by atoms with van der Waals surface area (Å²) in [6.45, 7) is 5.24. The molecule has 3 aromatic heterocycles. The molecule has 0 aliphatic carbocycles. The Morgan fingerprint density at radius 2 is 2.03 bits per heavy atom. The highest BCUT2D eigenvalue weighted by molar-refractivity contribution is 5.93. The first kappa shape index (κ1) is 21.1. The Morgan fingerprint density at radius 3 is 2.86 bits per heavy atom. The van der Waals surface area contributed by atoms with E-state index in [9.17, 15) is 4.79 Å². The van der Waals surface area contributed by atoms with Crippen molar-refractivity contribution in [2.24, 2.45) is 0 Å². The highest BCUT2D eigenvalue weighted by atomic mass is 16.5. The fraction of sp³-hybridized carbons (Fsp3) is 0.185. The minimum Gasteiger partial charge on any atom is -0.488 e. The number of nitrogens with one attached hydrogen (secondary N) is 1. The lowest BCUT2D eigenvalue weighted by Gasteiger charge is -2.13. The van der Waals surface area contributed by atoms with Crippen molar-refractivity contribution < 1.29 is 9.26 Å². The Kier molecular flexibility index (Phi) is 5.06. The van der Waals surface area contributed by atoms with Gasteiger partial charge in [0, 0.05) is 18.2 Å². The number of hydrogen-bond donors (Lipinski definition) is 1. The Balaban J connectivity index is 1.45. The van der Waals surface area contributed by atoms with E-state index >= 15 is 0 Å². The Labute approximate surface area is 200 Å². The van der Waals surface area contributed by atoms with Gasteiger partial charge in [-0.2, -0.15) is 0 Å². The van der Waals surface area contributed by atoms with Gasteiger partial charge in [0.05, 0.1) is 6.54 Å². The summed E-state index contributed by atoms with van der Waals surface area (Å²) in [5.41, 5.74) is 7.94. The normalized spacial score (nSPS) is 13.9. The van der Waals surface area contributed by atoms with Crippen molar-refractivity contribution >= 4 is 22.8 Å². The monoisotopic (exact) mass is 465 g/mol. The number of aromatic nitrogens is 5. The molecule has 8 heteroatoms. The number of aryl methyl sites for hydroxylation is 2. The molecule has 0 unspecified atom stereocenters. The van der Waals surface area contributed by atoms with Crippen LogP contribution in [0.25, 0.3) is 22.8 Å². The summed E-state index contributed by atoms with van der Waals surface area (Å²) in [6, 6.07) is 16.3. The molecule has 6 rings (SSSR count). The smallest absolute Gasteiger partial charge is 0.439 e. The zero-order chi connectivity index (χ0) is 23.9. The van der Waals surface area contributed by atoms with Gasteiger partial charge in [0.2, 0.25) is 0 Å². The minimum atomic E-state index is -0.589. The fourth-order valence-electron chi connectivity index (χ4n) is 4.61. The summed E-state index contributed by atoms with van der Waals surface area (Å²) in [5.74, 6) is 1.53. The van der Waals surface area contributed by atoms with E-state index in [0.29, 0.717) is 19.0 Å². The van der Waals surface area contributed by atoms with Gasteiger partial charge in [0.15, 0.2) is 11.5 Å². The minimum absolute atomic E-state index is 0.357. The van der Waals surface area contributed by atoms with Gasteiger partial charge in [-0.1, -0.05) is 48.5 Å². The predicted molar refractivity (Wildman–Crippen MR) is 132 cm³/mol. The van der Waals surface area contributed by atoms with E-state index in [2.05, 4.69) is 51.7 Å². The van der Waals surface area contributed by atoms with Crippen LogP contribution in [0.2, 0.25) is 0 Å². The maximum absolute atomic E-state index is 11.5. The van der Waals surface area contributed by atoms with Crippen LogP contribution < -0.4 is 10.5 Å². The molecule has 174 valence electrons. The summed E-state index contributed by atoms with van der Waals surface area (Å²) in [4.78, 5) is 23.6. The van der Waals surface area contributed by atoms with Crippen LogP contribution in [0.1, 0.15) is 46.4 Å². The number of pyridine rings is 1. The molecule has 0 radical (unpaired) electrons. The number of rotatable bonds is 4. The van der Waals surface area contributed by atoms with Crippen molar-refractivity contribution in [1.29, 1.82) is 0 Å². The number of imidazole rings is 1. The average molecular weight is 466 g/mol. The lowest BCUT2D eigenvalue weighted by atomic mass is 9.93. The fourth-order valence-corrected chi connectivity index (χ4v) is 4.61. The average Bonchev–Trinajstić information content (AvgIpc) is 3.41. The molecule has 35 heavy (non-hydrogen) atoms. The van der Waals surface area contributed by atoms with Crippen LogP contribution in [-0.4, -0.2) is 24.7 Å². The molecule has 4 heterocycles. The van der Waals surface area contributed by atoms with Crippen LogP contribution in [0.3, 0.4) is 0 Å². The molecule has 8 nitrogen and oxygen atoms in total. The maximum atomic E-state index is 11.5. The summed E-state index contributed by atoms with van der Waals surface area (Å²) in [7, 11) is 0. The third-order valence-electron chi connectivity index (χ3n) is 6.34. The molecule has 0 bridgehead atoms. The number of H-pyrrole nitrogens is 1. The van der Waals surface area contributed by atoms with Crippen LogP contribution >= 0.6 is 0 Å². The highest BCUT2D eigenvalue weighted by Crippen LogP contribution is 2.38. The molecular formula is C27H23N5O3. The molecular weight excluding hydrogens is 442 g/mol. The van der Waals surface area contributed by atoms with Crippen LogP contribution in [0.5, 0.6) is 5.75 Å². The number of fused-ring (bicyclic) bond motifs is 3. The number of aromatic amines is 1. The summed E-state index contributed by atoms with van der Waals surface area (Å²) in [6.07, 6.45) is 4.47. The van der Waals surface area contributed by atoms with Gasteiger partial charge in [-0.25, -0.2) is 14.8 Å². The van der Waals surface area contributed by atoms with E-state index in [4.69, 9.17) is 14.2 Å². The largest absolute Gasteiger partial charge is 0.488 e. The molecule has 0 saturated carbocycles. The van der Waals surface area contributed by atoms with Crippen molar-refractivity contribution in [1.82, 2.24) is 24.7 Å². The van der Waals surface area contributed by atoms with Crippen molar-refractivity contribution in [3.8, 4) is 5.75 Å². The van der Waals surface area contributed by atoms with E-state index < -0.39 is 5.76 Å². The van der Waals surface area contributed by atoms with Gasteiger partial charge in [-0.05, 0) is 53.0 Å². The first-order valence-corrected chi connectivity index (χ1v) is 11.5. The molecule has 0 fully saturated rings. The Bertz CT molecular complexity index is 1660. The molecule has 1 N–H and O–H groups in total. The molecule has 0 saturated heterocycles. The third-order valence-corrected chi connectivity index (χ3v) is 6.34. The van der Waals surface area contributed by atoms with Crippen molar-refractivity contribution in [3.05, 3.63) is 105 Å². The third kappa shape index (κ3) is 3.73. The molecule has 0 atom stereocenters. The molecule has 5 aromatic rings. The van der Waals surface area contributed by atoms with Crippen molar-refractivity contribution in [2.75, 3.05) is 0 Å². The topological polar surface area (TPSA) is 98.8 Å².